The van der Waals surface area contributed by atoms with Crippen LogP contribution in [0.25, 0.3) is 0 Å². The van der Waals surface area contributed by atoms with Crippen LogP contribution in [0.2, 0.25) is 0 Å². The summed E-state index contributed by atoms with van der Waals surface area (Å²) in [6.45, 7) is 1.42. The molecule has 3 rings (SSSR count). The van der Waals surface area contributed by atoms with E-state index in [4.69, 9.17) is 0 Å². The lowest BCUT2D eigenvalue weighted by atomic mass is 9.95. The Bertz CT molecular complexity index is 470. The molecule has 2 aliphatic heterocycles. The minimum Gasteiger partial charge on any atom is -0.359 e. The molecule has 2 heterocycles. The Kier molecular flexibility index (Phi) is 2.33. The highest BCUT2D eigenvalue weighted by Crippen LogP contribution is 2.37. The highest BCUT2D eigenvalue weighted by atomic mass is 16.2. The van der Waals surface area contributed by atoms with Crippen LogP contribution >= 0.6 is 0 Å². The van der Waals surface area contributed by atoms with Gasteiger partial charge in [-0.1, -0.05) is 12.1 Å². The van der Waals surface area contributed by atoms with E-state index in [-0.39, 0.29) is 5.91 Å². The van der Waals surface area contributed by atoms with Gasteiger partial charge in [0, 0.05) is 12.6 Å². The molecular weight excluding hydrogens is 214 g/mol. The highest BCUT2D eigenvalue weighted by molar-refractivity contribution is 6.02. The smallest absolute Gasteiger partial charge is 0.243 e. The molecule has 2 aliphatic rings. The van der Waals surface area contributed by atoms with E-state index in [0.717, 1.165) is 18.7 Å². The number of anilines is 2. The molecular formula is C13H17N3O. The van der Waals surface area contributed by atoms with E-state index in [2.05, 4.69) is 35.3 Å². The average molecular weight is 231 g/mol. The molecule has 17 heavy (non-hydrogen) atoms. The van der Waals surface area contributed by atoms with Gasteiger partial charge in [-0.2, -0.15) is 0 Å². The van der Waals surface area contributed by atoms with E-state index in [1.807, 2.05) is 12.1 Å². The summed E-state index contributed by atoms with van der Waals surface area (Å²) in [5.74, 6) is 0.0917. The maximum absolute atomic E-state index is 11.6. The summed E-state index contributed by atoms with van der Waals surface area (Å²) < 4.78 is 0. The van der Waals surface area contributed by atoms with Crippen LogP contribution in [0.15, 0.2) is 18.2 Å². The number of rotatable bonds is 1. The zero-order valence-electron chi connectivity index (χ0n) is 10.2. The van der Waals surface area contributed by atoms with Crippen molar-refractivity contribution in [3.63, 3.8) is 0 Å². The summed E-state index contributed by atoms with van der Waals surface area (Å²) in [5, 5.41) is 2.95. The van der Waals surface area contributed by atoms with Crippen LogP contribution in [0, 0.1) is 0 Å². The van der Waals surface area contributed by atoms with Crippen LogP contribution < -0.4 is 10.2 Å². The Labute approximate surface area is 101 Å². The summed E-state index contributed by atoms with van der Waals surface area (Å²) >= 11 is 0. The standard InChI is InChI=1S/C13H17N3O/c1-15(2)10-6-9-4-3-5-11-13(9)16(7-10)8-12(17)14-11/h3-5,10H,6-8H2,1-2H3,(H,14,17). The second kappa shape index (κ2) is 3.74. The van der Waals surface area contributed by atoms with Gasteiger partial charge >= 0.3 is 0 Å². The Morgan fingerprint density at radius 1 is 1.41 bits per heavy atom. The summed E-state index contributed by atoms with van der Waals surface area (Å²) in [5.41, 5.74) is 3.54. The van der Waals surface area contributed by atoms with Crippen molar-refractivity contribution >= 4 is 17.3 Å². The van der Waals surface area contributed by atoms with Crippen LogP contribution in [0.5, 0.6) is 0 Å². The summed E-state index contributed by atoms with van der Waals surface area (Å²) in [4.78, 5) is 16.1. The van der Waals surface area contributed by atoms with Crippen molar-refractivity contribution in [1.29, 1.82) is 0 Å². The van der Waals surface area contributed by atoms with E-state index in [9.17, 15) is 4.79 Å². The van der Waals surface area contributed by atoms with E-state index < -0.39 is 0 Å². The number of nitrogens with one attached hydrogen (secondary N) is 1. The Morgan fingerprint density at radius 3 is 3.00 bits per heavy atom. The first-order valence-electron chi connectivity index (χ1n) is 5.98. The normalized spacial score (nSPS) is 22.4. The van der Waals surface area contributed by atoms with Crippen molar-refractivity contribution in [2.24, 2.45) is 0 Å². The Hall–Kier alpha value is -1.55. The zero-order valence-corrected chi connectivity index (χ0v) is 10.2. The fourth-order valence-corrected chi connectivity index (χ4v) is 2.75. The van der Waals surface area contributed by atoms with Gasteiger partial charge in [0.1, 0.15) is 0 Å². The molecule has 1 unspecified atom stereocenters. The van der Waals surface area contributed by atoms with E-state index in [1.165, 1.54) is 11.3 Å². The monoisotopic (exact) mass is 231 g/mol. The first kappa shape index (κ1) is 10.6. The molecule has 0 radical (unpaired) electrons. The molecule has 0 saturated carbocycles. The Balaban J connectivity index is 2.05. The molecule has 0 bridgehead atoms. The van der Waals surface area contributed by atoms with Gasteiger partial charge in [0.15, 0.2) is 0 Å². The third-order valence-corrected chi connectivity index (χ3v) is 3.66. The third kappa shape index (κ3) is 1.69. The summed E-state index contributed by atoms with van der Waals surface area (Å²) in [6, 6.07) is 6.66. The number of benzene rings is 1. The van der Waals surface area contributed by atoms with Crippen LogP contribution in [-0.2, 0) is 11.2 Å². The van der Waals surface area contributed by atoms with Gasteiger partial charge in [-0.05, 0) is 32.1 Å². The molecule has 0 aliphatic carbocycles. The predicted octanol–water partition coefficient (Wildman–Crippen LogP) is 0.931. The van der Waals surface area contributed by atoms with Gasteiger partial charge < -0.3 is 15.1 Å². The SMILES string of the molecule is CN(C)C1Cc2cccc3c2N(CC(=O)N3)C1. The third-order valence-electron chi connectivity index (χ3n) is 3.66. The van der Waals surface area contributed by atoms with Crippen molar-refractivity contribution in [2.75, 3.05) is 37.4 Å². The second-order valence-electron chi connectivity index (χ2n) is 5.06. The average Bonchev–Trinajstić information content (AvgIpc) is 2.28. The molecule has 0 spiro atoms. The molecule has 0 saturated heterocycles. The van der Waals surface area contributed by atoms with Crippen molar-refractivity contribution in [3.8, 4) is 0 Å². The largest absolute Gasteiger partial charge is 0.359 e. The van der Waals surface area contributed by atoms with Crippen molar-refractivity contribution in [1.82, 2.24) is 4.90 Å². The molecule has 1 amide bonds. The molecule has 1 N–H and O–H groups in total. The van der Waals surface area contributed by atoms with Gasteiger partial charge in [-0.15, -0.1) is 0 Å². The first-order chi connectivity index (χ1) is 8.15. The number of amides is 1. The van der Waals surface area contributed by atoms with Crippen molar-refractivity contribution < 1.29 is 4.79 Å². The van der Waals surface area contributed by atoms with Gasteiger partial charge in [-0.3, -0.25) is 4.79 Å². The lowest BCUT2D eigenvalue weighted by Crippen LogP contribution is -2.50. The van der Waals surface area contributed by atoms with Crippen LogP contribution in [-0.4, -0.2) is 44.0 Å². The van der Waals surface area contributed by atoms with E-state index in [1.54, 1.807) is 0 Å². The molecule has 0 fully saturated rings. The molecule has 90 valence electrons. The van der Waals surface area contributed by atoms with E-state index >= 15 is 0 Å². The number of carbonyl (C=O) groups excluding carboxylic acids is 1. The lowest BCUT2D eigenvalue weighted by Gasteiger charge is -2.41. The molecule has 1 aromatic carbocycles. The number of nitrogens with zero attached hydrogens (tertiary/aromatic N) is 2. The molecule has 0 aromatic heterocycles. The second-order valence-corrected chi connectivity index (χ2v) is 5.06. The minimum atomic E-state index is 0.0917. The number of hydrogen-bond acceptors (Lipinski definition) is 3. The Morgan fingerprint density at radius 2 is 2.24 bits per heavy atom. The number of hydrogen-bond donors (Lipinski definition) is 1. The molecule has 4 heteroatoms. The number of likely N-dealkylation sites (N-methyl/N-ethyl adjacent to an activating group) is 1. The quantitative estimate of drug-likeness (QED) is 0.781. The van der Waals surface area contributed by atoms with Gasteiger partial charge in [0.25, 0.3) is 0 Å². The summed E-state index contributed by atoms with van der Waals surface area (Å²) in [7, 11) is 4.20. The fourth-order valence-electron chi connectivity index (χ4n) is 2.75. The van der Waals surface area contributed by atoms with Crippen LogP contribution in [0.4, 0.5) is 11.4 Å². The number of para-hydroxylation sites is 1. The molecule has 4 nitrogen and oxygen atoms in total. The maximum atomic E-state index is 11.6. The van der Waals surface area contributed by atoms with Crippen molar-refractivity contribution in [2.45, 2.75) is 12.5 Å². The summed E-state index contributed by atoms with van der Waals surface area (Å²) in [6.07, 6.45) is 1.06. The predicted molar refractivity (Wildman–Crippen MR) is 68.5 cm³/mol. The molecule has 1 atom stereocenters. The maximum Gasteiger partial charge on any atom is 0.243 e. The van der Waals surface area contributed by atoms with Crippen molar-refractivity contribution in [3.05, 3.63) is 23.8 Å². The minimum absolute atomic E-state index is 0.0917. The highest BCUT2D eigenvalue weighted by Gasteiger charge is 2.31. The first-order valence-corrected chi connectivity index (χ1v) is 5.98. The van der Waals surface area contributed by atoms with Gasteiger partial charge in [0.2, 0.25) is 5.91 Å². The van der Waals surface area contributed by atoms with Crippen LogP contribution in [0.1, 0.15) is 5.56 Å². The van der Waals surface area contributed by atoms with Crippen LogP contribution in [0.3, 0.4) is 0 Å². The lowest BCUT2D eigenvalue weighted by molar-refractivity contribution is -0.115. The zero-order chi connectivity index (χ0) is 12.0. The van der Waals surface area contributed by atoms with E-state index in [0.29, 0.717) is 12.6 Å². The van der Waals surface area contributed by atoms with Gasteiger partial charge in [-0.25, -0.2) is 0 Å². The fraction of sp³-hybridized carbons (Fsp3) is 0.462. The number of carbonyl (C=O) groups is 1. The van der Waals surface area contributed by atoms with Gasteiger partial charge in [0.05, 0.1) is 17.9 Å². The topological polar surface area (TPSA) is 35.6 Å². The molecule has 1 aromatic rings.